The summed E-state index contributed by atoms with van der Waals surface area (Å²) in [7, 11) is 2.14. The van der Waals surface area contributed by atoms with Gasteiger partial charge in [-0.05, 0) is 55.2 Å². The number of benzene rings is 1. The maximum absolute atomic E-state index is 3.56. The number of hydrogen-bond acceptors (Lipinski definition) is 1. The number of rotatable bonds is 2. The molecule has 0 spiro atoms. The van der Waals surface area contributed by atoms with Gasteiger partial charge in [-0.1, -0.05) is 37.6 Å². The summed E-state index contributed by atoms with van der Waals surface area (Å²) in [4.78, 5) is 0. The van der Waals surface area contributed by atoms with Gasteiger partial charge >= 0.3 is 0 Å². The molecule has 1 aromatic rings. The Hall–Kier alpha value is -0.820. The standard InChI is InChI=1S/C16H23N/c1-3-12-15-13-9-5-4-7-11(13)8-6-10-14(15)16(12)17-2/h4-5,7,9,12,14-17H,3,6,8,10H2,1-2H3. The van der Waals surface area contributed by atoms with Crippen LogP contribution in [0.1, 0.15) is 43.2 Å². The fourth-order valence-electron chi connectivity index (χ4n) is 4.31. The van der Waals surface area contributed by atoms with E-state index in [0.29, 0.717) is 0 Å². The molecule has 0 saturated heterocycles. The minimum Gasteiger partial charge on any atom is -0.316 e. The minimum atomic E-state index is 0.760. The lowest BCUT2D eigenvalue weighted by Gasteiger charge is -2.52. The highest BCUT2D eigenvalue weighted by molar-refractivity contribution is 5.36. The summed E-state index contributed by atoms with van der Waals surface area (Å²) in [6, 6.07) is 9.91. The van der Waals surface area contributed by atoms with E-state index < -0.39 is 0 Å². The summed E-state index contributed by atoms with van der Waals surface area (Å²) in [5, 5.41) is 3.56. The fraction of sp³-hybridized carbons (Fsp3) is 0.625. The van der Waals surface area contributed by atoms with Crippen molar-refractivity contribution in [3.05, 3.63) is 35.4 Å². The van der Waals surface area contributed by atoms with Crippen LogP contribution in [-0.4, -0.2) is 13.1 Å². The Bertz CT molecular complexity index is 398. The second kappa shape index (κ2) is 4.45. The van der Waals surface area contributed by atoms with Crippen molar-refractivity contribution in [1.29, 1.82) is 0 Å². The summed E-state index contributed by atoms with van der Waals surface area (Å²) in [5.74, 6) is 2.56. The molecule has 0 radical (unpaired) electrons. The second-order valence-electron chi connectivity index (χ2n) is 5.67. The van der Waals surface area contributed by atoms with E-state index in [-0.39, 0.29) is 0 Å². The molecule has 1 aromatic carbocycles. The van der Waals surface area contributed by atoms with Gasteiger partial charge in [-0.3, -0.25) is 0 Å². The first-order valence-corrected chi connectivity index (χ1v) is 7.12. The first-order valence-electron chi connectivity index (χ1n) is 7.12. The van der Waals surface area contributed by atoms with Crippen molar-refractivity contribution in [3.8, 4) is 0 Å². The maximum atomic E-state index is 3.56. The molecule has 2 aliphatic carbocycles. The van der Waals surface area contributed by atoms with Crippen LogP contribution in [0.2, 0.25) is 0 Å². The summed E-state index contributed by atoms with van der Waals surface area (Å²) < 4.78 is 0. The molecule has 1 nitrogen and oxygen atoms in total. The molecule has 0 heterocycles. The van der Waals surface area contributed by atoms with Crippen molar-refractivity contribution in [1.82, 2.24) is 5.32 Å². The Balaban J connectivity index is 1.97. The van der Waals surface area contributed by atoms with Gasteiger partial charge in [0.25, 0.3) is 0 Å². The largest absolute Gasteiger partial charge is 0.316 e. The Morgan fingerprint density at radius 3 is 2.88 bits per heavy atom. The first-order chi connectivity index (χ1) is 8.36. The number of hydrogen-bond donors (Lipinski definition) is 1. The smallest absolute Gasteiger partial charge is 0.0132 e. The van der Waals surface area contributed by atoms with Gasteiger partial charge < -0.3 is 5.32 Å². The third-order valence-corrected chi connectivity index (χ3v) is 5.05. The van der Waals surface area contributed by atoms with Gasteiger partial charge in [0.1, 0.15) is 0 Å². The lowest BCUT2D eigenvalue weighted by Crippen LogP contribution is -2.55. The van der Waals surface area contributed by atoms with Crippen molar-refractivity contribution in [2.45, 2.75) is 44.6 Å². The van der Waals surface area contributed by atoms with Crippen molar-refractivity contribution < 1.29 is 0 Å². The maximum Gasteiger partial charge on any atom is 0.0132 e. The first kappa shape index (κ1) is 11.3. The zero-order valence-corrected chi connectivity index (χ0v) is 10.9. The molecule has 0 aromatic heterocycles. The Morgan fingerprint density at radius 1 is 1.29 bits per heavy atom. The normalized spacial score (nSPS) is 35.4. The van der Waals surface area contributed by atoms with Gasteiger partial charge in [0, 0.05) is 6.04 Å². The lowest BCUT2D eigenvalue weighted by molar-refractivity contribution is 0.0656. The molecule has 1 fully saturated rings. The van der Waals surface area contributed by atoms with Gasteiger partial charge in [0.2, 0.25) is 0 Å². The van der Waals surface area contributed by atoms with Crippen LogP contribution in [0.3, 0.4) is 0 Å². The zero-order valence-electron chi connectivity index (χ0n) is 10.9. The predicted molar refractivity (Wildman–Crippen MR) is 72.2 cm³/mol. The molecule has 0 amide bonds. The Morgan fingerprint density at radius 2 is 2.12 bits per heavy atom. The molecule has 92 valence electrons. The highest BCUT2D eigenvalue weighted by Crippen LogP contribution is 2.53. The SMILES string of the molecule is CCC1C(NC)C2CCCc3ccccc3C12. The highest BCUT2D eigenvalue weighted by atomic mass is 14.9. The molecule has 1 N–H and O–H groups in total. The quantitative estimate of drug-likeness (QED) is 0.820. The van der Waals surface area contributed by atoms with Gasteiger partial charge in [0.15, 0.2) is 0 Å². The summed E-state index contributed by atoms with van der Waals surface area (Å²) >= 11 is 0. The van der Waals surface area contributed by atoms with Crippen molar-refractivity contribution in [2.75, 3.05) is 7.05 Å². The molecular weight excluding hydrogens is 206 g/mol. The molecule has 2 aliphatic rings. The number of aryl methyl sites for hydroxylation is 1. The van der Waals surface area contributed by atoms with E-state index in [0.717, 1.165) is 23.8 Å². The minimum absolute atomic E-state index is 0.760. The fourth-order valence-corrected chi connectivity index (χ4v) is 4.31. The highest BCUT2D eigenvalue weighted by Gasteiger charge is 2.49. The van der Waals surface area contributed by atoms with Crippen molar-refractivity contribution in [2.24, 2.45) is 11.8 Å². The average Bonchev–Trinajstić information content (AvgIpc) is 2.49. The number of nitrogens with one attached hydrogen (secondary N) is 1. The predicted octanol–water partition coefficient (Wildman–Crippen LogP) is 3.35. The third-order valence-electron chi connectivity index (χ3n) is 5.05. The molecule has 0 aliphatic heterocycles. The summed E-state index contributed by atoms with van der Waals surface area (Å²) in [5.41, 5.74) is 3.28. The van der Waals surface area contributed by atoms with Crippen LogP contribution in [0.4, 0.5) is 0 Å². The lowest BCUT2D eigenvalue weighted by atomic mass is 9.56. The monoisotopic (exact) mass is 229 g/mol. The van der Waals surface area contributed by atoms with Gasteiger partial charge in [0.05, 0.1) is 0 Å². The van der Waals surface area contributed by atoms with Crippen molar-refractivity contribution >= 4 is 0 Å². The van der Waals surface area contributed by atoms with Crippen LogP contribution in [0.5, 0.6) is 0 Å². The summed E-state index contributed by atoms with van der Waals surface area (Å²) in [6.07, 6.45) is 5.37. The molecule has 1 saturated carbocycles. The molecule has 0 bridgehead atoms. The Kier molecular flexibility index (Phi) is 2.96. The molecule has 17 heavy (non-hydrogen) atoms. The van der Waals surface area contributed by atoms with E-state index in [1.54, 1.807) is 11.1 Å². The van der Waals surface area contributed by atoms with E-state index in [1.165, 1.54) is 25.7 Å². The molecule has 4 unspecified atom stereocenters. The van der Waals surface area contributed by atoms with Crippen LogP contribution in [0.15, 0.2) is 24.3 Å². The van der Waals surface area contributed by atoms with E-state index in [9.17, 15) is 0 Å². The van der Waals surface area contributed by atoms with Crippen LogP contribution in [-0.2, 0) is 6.42 Å². The van der Waals surface area contributed by atoms with E-state index in [1.807, 2.05) is 0 Å². The topological polar surface area (TPSA) is 12.0 Å². The van der Waals surface area contributed by atoms with Crippen LogP contribution >= 0.6 is 0 Å². The Labute approximate surface area is 105 Å². The van der Waals surface area contributed by atoms with Gasteiger partial charge in [-0.25, -0.2) is 0 Å². The average molecular weight is 229 g/mol. The number of fused-ring (bicyclic) bond motifs is 3. The summed E-state index contributed by atoms with van der Waals surface area (Å²) in [6.45, 7) is 2.35. The van der Waals surface area contributed by atoms with Crippen LogP contribution < -0.4 is 5.32 Å². The van der Waals surface area contributed by atoms with Gasteiger partial charge in [-0.2, -0.15) is 0 Å². The van der Waals surface area contributed by atoms with Crippen LogP contribution in [0, 0.1) is 11.8 Å². The van der Waals surface area contributed by atoms with Crippen molar-refractivity contribution in [3.63, 3.8) is 0 Å². The van der Waals surface area contributed by atoms with E-state index in [2.05, 4.69) is 43.6 Å². The molecule has 3 rings (SSSR count). The van der Waals surface area contributed by atoms with Gasteiger partial charge in [-0.15, -0.1) is 0 Å². The van der Waals surface area contributed by atoms with E-state index >= 15 is 0 Å². The van der Waals surface area contributed by atoms with E-state index in [4.69, 9.17) is 0 Å². The third kappa shape index (κ3) is 1.63. The van der Waals surface area contributed by atoms with Crippen LogP contribution in [0.25, 0.3) is 0 Å². The zero-order chi connectivity index (χ0) is 11.8. The molecular formula is C16H23N. The molecule has 1 heteroatoms. The molecule has 4 atom stereocenters. The second-order valence-corrected chi connectivity index (χ2v) is 5.67.